The summed E-state index contributed by atoms with van der Waals surface area (Å²) in [5.74, 6) is 1.67. The van der Waals surface area contributed by atoms with Gasteiger partial charge in [-0.15, -0.1) is 0 Å². The molecule has 0 bridgehead atoms. The second-order valence-electron chi connectivity index (χ2n) is 5.59. The second kappa shape index (κ2) is 7.73. The molecule has 2 aromatic heterocycles. The molecule has 7 nitrogen and oxygen atoms in total. The van der Waals surface area contributed by atoms with Crippen LogP contribution < -0.4 is 5.32 Å². The van der Waals surface area contributed by atoms with Crippen LogP contribution in [-0.4, -0.2) is 50.3 Å². The third-order valence-electron chi connectivity index (χ3n) is 3.55. The zero-order valence-electron chi connectivity index (χ0n) is 13.7. The van der Waals surface area contributed by atoms with E-state index in [0.717, 1.165) is 17.2 Å². The van der Waals surface area contributed by atoms with Crippen molar-refractivity contribution in [1.29, 1.82) is 0 Å². The van der Waals surface area contributed by atoms with Gasteiger partial charge in [-0.1, -0.05) is 6.07 Å². The minimum atomic E-state index is -0.409. The molecule has 0 aliphatic heterocycles. The van der Waals surface area contributed by atoms with Gasteiger partial charge in [-0.05, 0) is 31.9 Å². The third kappa shape index (κ3) is 4.79. The summed E-state index contributed by atoms with van der Waals surface area (Å²) in [7, 11) is 1.71. The Morgan fingerprint density at radius 1 is 1.43 bits per heavy atom. The first kappa shape index (κ1) is 17.0. The van der Waals surface area contributed by atoms with Crippen molar-refractivity contribution in [3.63, 3.8) is 0 Å². The highest BCUT2D eigenvalue weighted by Crippen LogP contribution is 2.08. The molecule has 0 aliphatic carbocycles. The first-order valence-corrected chi connectivity index (χ1v) is 7.59. The number of hydrogen-bond acceptors (Lipinski definition) is 4. The van der Waals surface area contributed by atoms with Gasteiger partial charge in [0.15, 0.2) is 0 Å². The second-order valence-corrected chi connectivity index (χ2v) is 5.59. The van der Waals surface area contributed by atoms with E-state index < -0.39 is 6.10 Å². The quantitative estimate of drug-likeness (QED) is 0.845. The number of urea groups is 1. The molecule has 0 spiro atoms. The molecular formula is C16H23N5O2. The number of aryl methyl sites for hydroxylation is 1. The maximum absolute atomic E-state index is 11.9. The molecule has 124 valence electrons. The number of pyridine rings is 1. The molecule has 0 fully saturated rings. The Morgan fingerprint density at radius 2 is 2.22 bits per heavy atom. The van der Waals surface area contributed by atoms with Crippen LogP contribution in [0, 0.1) is 6.92 Å². The van der Waals surface area contributed by atoms with Crippen LogP contribution in [0.15, 0.2) is 30.7 Å². The van der Waals surface area contributed by atoms with Crippen molar-refractivity contribution in [2.75, 3.05) is 13.6 Å². The van der Waals surface area contributed by atoms with Crippen LogP contribution in [0.4, 0.5) is 4.79 Å². The zero-order chi connectivity index (χ0) is 16.8. The van der Waals surface area contributed by atoms with Crippen molar-refractivity contribution in [3.05, 3.63) is 42.1 Å². The van der Waals surface area contributed by atoms with E-state index >= 15 is 0 Å². The molecular weight excluding hydrogens is 294 g/mol. The van der Waals surface area contributed by atoms with Gasteiger partial charge in [-0.25, -0.2) is 14.8 Å². The van der Waals surface area contributed by atoms with Crippen LogP contribution in [0.5, 0.6) is 0 Å². The molecule has 0 aromatic carbocycles. The fourth-order valence-corrected chi connectivity index (χ4v) is 2.08. The Balaban J connectivity index is 1.87. The number of carbonyl (C=O) groups excluding carboxylic acids is 1. The van der Waals surface area contributed by atoms with Gasteiger partial charge in [0.2, 0.25) is 0 Å². The lowest BCUT2D eigenvalue weighted by Gasteiger charge is -2.18. The van der Waals surface area contributed by atoms with Crippen molar-refractivity contribution in [1.82, 2.24) is 24.8 Å². The van der Waals surface area contributed by atoms with E-state index in [2.05, 4.69) is 15.3 Å². The van der Waals surface area contributed by atoms with Crippen molar-refractivity contribution in [3.8, 4) is 5.82 Å². The van der Waals surface area contributed by atoms with Gasteiger partial charge < -0.3 is 15.3 Å². The summed E-state index contributed by atoms with van der Waals surface area (Å²) in [6, 6.07) is 3.66. The molecule has 0 saturated heterocycles. The predicted octanol–water partition coefficient (Wildman–Crippen LogP) is 1.49. The molecule has 2 aromatic rings. The number of aliphatic hydroxyl groups is 1. The number of nitrogens with one attached hydrogen (secondary N) is 1. The zero-order valence-corrected chi connectivity index (χ0v) is 13.7. The molecule has 2 amide bonds. The van der Waals surface area contributed by atoms with E-state index in [9.17, 15) is 9.90 Å². The number of rotatable bonds is 6. The van der Waals surface area contributed by atoms with Gasteiger partial charge in [-0.2, -0.15) is 0 Å². The molecule has 2 N–H and O–H groups in total. The number of hydrogen-bond donors (Lipinski definition) is 2. The summed E-state index contributed by atoms with van der Waals surface area (Å²) in [5.41, 5.74) is 0.920. The normalized spacial score (nSPS) is 12.0. The summed E-state index contributed by atoms with van der Waals surface area (Å²) >= 11 is 0. The summed E-state index contributed by atoms with van der Waals surface area (Å²) in [6.07, 6.45) is 5.48. The lowest BCUT2D eigenvalue weighted by atomic mass is 10.2. The molecule has 0 saturated carbocycles. The number of amides is 2. The first-order chi connectivity index (χ1) is 11.0. The predicted molar refractivity (Wildman–Crippen MR) is 87.3 cm³/mol. The summed E-state index contributed by atoms with van der Waals surface area (Å²) in [5, 5.41) is 12.1. The minimum Gasteiger partial charge on any atom is -0.393 e. The highest BCUT2D eigenvalue weighted by atomic mass is 16.3. The van der Waals surface area contributed by atoms with E-state index in [1.54, 1.807) is 31.3 Å². The van der Waals surface area contributed by atoms with Gasteiger partial charge >= 0.3 is 6.03 Å². The third-order valence-corrected chi connectivity index (χ3v) is 3.55. The Morgan fingerprint density at radius 3 is 2.78 bits per heavy atom. The smallest absolute Gasteiger partial charge is 0.317 e. The fourth-order valence-electron chi connectivity index (χ4n) is 2.08. The van der Waals surface area contributed by atoms with Crippen LogP contribution in [0.3, 0.4) is 0 Å². The lowest BCUT2D eigenvalue weighted by Crippen LogP contribution is -2.38. The van der Waals surface area contributed by atoms with E-state index in [1.807, 2.05) is 29.8 Å². The average molecular weight is 317 g/mol. The van der Waals surface area contributed by atoms with Crippen molar-refractivity contribution >= 4 is 6.03 Å². The fraction of sp³-hybridized carbons (Fsp3) is 0.438. The molecule has 0 radical (unpaired) electrons. The largest absolute Gasteiger partial charge is 0.393 e. The Bertz CT molecular complexity index is 636. The van der Waals surface area contributed by atoms with Crippen LogP contribution in [0.25, 0.3) is 5.82 Å². The van der Waals surface area contributed by atoms with Crippen LogP contribution in [-0.2, 0) is 6.54 Å². The molecule has 2 rings (SSSR count). The van der Waals surface area contributed by atoms with E-state index in [1.165, 1.54) is 0 Å². The van der Waals surface area contributed by atoms with Crippen LogP contribution in [0.1, 0.15) is 24.7 Å². The van der Waals surface area contributed by atoms with Gasteiger partial charge in [-0.3, -0.25) is 4.57 Å². The van der Waals surface area contributed by atoms with E-state index in [4.69, 9.17) is 0 Å². The first-order valence-electron chi connectivity index (χ1n) is 7.59. The molecule has 1 unspecified atom stereocenters. The van der Waals surface area contributed by atoms with E-state index in [-0.39, 0.29) is 6.03 Å². The van der Waals surface area contributed by atoms with Gasteiger partial charge in [0.05, 0.1) is 6.10 Å². The SMILES string of the molecule is Cc1nccn1-c1ccc(CNC(=O)N(C)CCC(C)O)cn1. The number of aromatic nitrogens is 3. The van der Waals surface area contributed by atoms with Crippen LogP contribution >= 0.6 is 0 Å². The lowest BCUT2D eigenvalue weighted by molar-refractivity contribution is 0.163. The van der Waals surface area contributed by atoms with Gasteiger partial charge in [0.25, 0.3) is 0 Å². The number of nitrogens with zero attached hydrogens (tertiary/aromatic N) is 4. The van der Waals surface area contributed by atoms with Gasteiger partial charge in [0.1, 0.15) is 11.6 Å². The number of aliphatic hydroxyl groups excluding tert-OH is 1. The topological polar surface area (TPSA) is 83.3 Å². The summed E-state index contributed by atoms with van der Waals surface area (Å²) < 4.78 is 1.90. The monoisotopic (exact) mass is 317 g/mol. The highest BCUT2D eigenvalue weighted by Gasteiger charge is 2.09. The summed E-state index contributed by atoms with van der Waals surface area (Å²) in [6.45, 7) is 4.55. The average Bonchev–Trinajstić information content (AvgIpc) is 2.96. The molecule has 1 atom stereocenters. The Labute approximate surface area is 136 Å². The Hall–Kier alpha value is -2.41. The van der Waals surface area contributed by atoms with Crippen molar-refractivity contribution in [2.24, 2.45) is 0 Å². The van der Waals surface area contributed by atoms with Crippen LogP contribution in [0.2, 0.25) is 0 Å². The maximum atomic E-state index is 11.9. The molecule has 23 heavy (non-hydrogen) atoms. The van der Waals surface area contributed by atoms with Gasteiger partial charge in [0, 0.05) is 38.7 Å². The maximum Gasteiger partial charge on any atom is 0.317 e. The molecule has 0 aliphatic rings. The van der Waals surface area contributed by atoms with Crippen molar-refractivity contribution in [2.45, 2.75) is 32.9 Å². The highest BCUT2D eigenvalue weighted by molar-refractivity contribution is 5.73. The summed E-state index contributed by atoms with van der Waals surface area (Å²) in [4.78, 5) is 22.0. The Kier molecular flexibility index (Phi) is 5.70. The minimum absolute atomic E-state index is 0.166. The standard InChI is InChI=1S/C16H23N5O2/c1-12(22)6-8-20(3)16(23)19-11-14-4-5-15(18-10-14)21-9-7-17-13(21)2/h4-5,7,9-10,12,22H,6,8,11H2,1-3H3,(H,19,23). The molecule has 7 heteroatoms. The number of imidazole rings is 1. The number of carbonyl (C=O) groups is 1. The molecule has 2 heterocycles. The van der Waals surface area contributed by atoms with E-state index in [0.29, 0.717) is 19.5 Å². The van der Waals surface area contributed by atoms with Crippen molar-refractivity contribution < 1.29 is 9.90 Å².